The molecule has 0 aromatic carbocycles. The minimum Gasteiger partial charge on any atom is -0.369 e. The van der Waals surface area contributed by atoms with Gasteiger partial charge in [-0.15, -0.1) is 0 Å². The Labute approximate surface area is 83.0 Å². The predicted molar refractivity (Wildman–Crippen MR) is 53.5 cm³/mol. The number of nitriles is 1. The first kappa shape index (κ1) is 10.4. The Bertz CT molecular complexity index is 328. The first-order valence-electron chi connectivity index (χ1n) is 4.43. The van der Waals surface area contributed by atoms with E-state index in [9.17, 15) is 0 Å². The molecule has 1 aromatic heterocycles. The summed E-state index contributed by atoms with van der Waals surface area (Å²) < 4.78 is 0. The SMILES string of the molecule is CC(N)CCNc1ncncc1C#N. The molecule has 1 rings (SSSR count). The molecular formula is C9H13N5. The van der Waals surface area contributed by atoms with E-state index in [2.05, 4.69) is 15.3 Å². The average Bonchev–Trinajstić information content (AvgIpc) is 2.18. The fourth-order valence-electron chi connectivity index (χ4n) is 0.971. The molecule has 74 valence electrons. The van der Waals surface area contributed by atoms with Crippen molar-refractivity contribution in [1.82, 2.24) is 9.97 Å². The molecule has 0 aliphatic rings. The van der Waals surface area contributed by atoms with Gasteiger partial charge in [0.1, 0.15) is 23.8 Å². The van der Waals surface area contributed by atoms with Gasteiger partial charge in [0, 0.05) is 12.6 Å². The Hall–Kier alpha value is -1.67. The molecule has 0 spiro atoms. The number of nitrogens with zero attached hydrogens (tertiary/aromatic N) is 3. The van der Waals surface area contributed by atoms with Crippen LogP contribution in [0.3, 0.4) is 0 Å². The largest absolute Gasteiger partial charge is 0.369 e. The normalized spacial score (nSPS) is 11.8. The van der Waals surface area contributed by atoms with Crippen LogP contribution >= 0.6 is 0 Å². The van der Waals surface area contributed by atoms with Gasteiger partial charge >= 0.3 is 0 Å². The van der Waals surface area contributed by atoms with Gasteiger partial charge in [-0.3, -0.25) is 0 Å². The van der Waals surface area contributed by atoms with E-state index in [0.29, 0.717) is 17.9 Å². The number of nitrogens with two attached hydrogens (primary N) is 1. The number of anilines is 1. The monoisotopic (exact) mass is 191 g/mol. The lowest BCUT2D eigenvalue weighted by atomic mass is 10.2. The smallest absolute Gasteiger partial charge is 0.147 e. The molecule has 0 bridgehead atoms. The maximum absolute atomic E-state index is 8.73. The summed E-state index contributed by atoms with van der Waals surface area (Å²) in [4.78, 5) is 7.72. The van der Waals surface area contributed by atoms with Crippen LogP contribution in [-0.2, 0) is 0 Å². The highest BCUT2D eigenvalue weighted by Crippen LogP contribution is 2.07. The molecule has 0 fully saturated rings. The summed E-state index contributed by atoms with van der Waals surface area (Å²) >= 11 is 0. The second-order valence-corrected chi connectivity index (χ2v) is 3.09. The van der Waals surface area contributed by atoms with Crippen molar-refractivity contribution >= 4 is 5.82 Å². The topological polar surface area (TPSA) is 87.6 Å². The maximum atomic E-state index is 8.73. The molecule has 0 saturated carbocycles. The molecule has 14 heavy (non-hydrogen) atoms. The summed E-state index contributed by atoms with van der Waals surface area (Å²) in [6.45, 7) is 2.65. The van der Waals surface area contributed by atoms with Gasteiger partial charge < -0.3 is 11.1 Å². The zero-order valence-electron chi connectivity index (χ0n) is 8.07. The quantitative estimate of drug-likeness (QED) is 0.723. The van der Waals surface area contributed by atoms with E-state index >= 15 is 0 Å². The second-order valence-electron chi connectivity index (χ2n) is 3.09. The number of rotatable bonds is 4. The molecule has 0 saturated heterocycles. The van der Waals surface area contributed by atoms with Crippen molar-refractivity contribution in [2.24, 2.45) is 5.73 Å². The third kappa shape index (κ3) is 2.99. The van der Waals surface area contributed by atoms with Crippen molar-refractivity contribution in [3.63, 3.8) is 0 Å². The molecule has 0 aliphatic carbocycles. The van der Waals surface area contributed by atoms with Gasteiger partial charge in [0.15, 0.2) is 0 Å². The fraction of sp³-hybridized carbons (Fsp3) is 0.444. The molecular weight excluding hydrogens is 178 g/mol. The standard InChI is InChI=1S/C9H13N5/c1-7(11)2-3-13-9-8(4-10)5-12-6-14-9/h5-7H,2-3,11H2,1H3,(H,12,13,14). The highest BCUT2D eigenvalue weighted by molar-refractivity contribution is 5.49. The molecule has 0 amide bonds. The van der Waals surface area contributed by atoms with Crippen molar-refractivity contribution in [3.8, 4) is 6.07 Å². The van der Waals surface area contributed by atoms with Gasteiger partial charge in [0.2, 0.25) is 0 Å². The highest BCUT2D eigenvalue weighted by atomic mass is 15.0. The molecule has 5 heteroatoms. The maximum Gasteiger partial charge on any atom is 0.147 e. The summed E-state index contributed by atoms with van der Waals surface area (Å²) in [6, 6.07) is 2.16. The molecule has 0 aliphatic heterocycles. The van der Waals surface area contributed by atoms with Crippen LogP contribution in [0.4, 0.5) is 5.82 Å². The van der Waals surface area contributed by atoms with Crippen LogP contribution in [-0.4, -0.2) is 22.6 Å². The van der Waals surface area contributed by atoms with Crippen LogP contribution < -0.4 is 11.1 Å². The Balaban J connectivity index is 2.54. The predicted octanol–water partition coefficient (Wildman–Crippen LogP) is 0.497. The number of nitrogens with one attached hydrogen (secondary N) is 1. The van der Waals surface area contributed by atoms with E-state index < -0.39 is 0 Å². The van der Waals surface area contributed by atoms with Crippen LogP contribution in [0.25, 0.3) is 0 Å². The first-order chi connectivity index (χ1) is 6.74. The van der Waals surface area contributed by atoms with Crippen LogP contribution in [0.5, 0.6) is 0 Å². The van der Waals surface area contributed by atoms with Crippen LogP contribution in [0.2, 0.25) is 0 Å². The van der Waals surface area contributed by atoms with E-state index in [-0.39, 0.29) is 6.04 Å². The van der Waals surface area contributed by atoms with Crippen molar-refractivity contribution in [1.29, 1.82) is 5.26 Å². The van der Waals surface area contributed by atoms with E-state index in [0.717, 1.165) is 6.42 Å². The van der Waals surface area contributed by atoms with Crippen molar-refractivity contribution in [3.05, 3.63) is 18.1 Å². The minimum atomic E-state index is 0.148. The zero-order valence-corrected chi connectivity index (χ0v) is 8.07. The summed E-state index contributed by atoms with van der Waals surface area (Å²) in [7, 11) is 0. The van der Waals surface area contributed by atoms with Gasteiger partial charge in [-0.05, 0) is 13.3 Å². The Morgan fingerprint density at radius 3 is 3.14 bits per heavy atom. The molecule has 1 aromatic rings. The van der Waals surface area contributed by atoms with Crippen LogP contribution in [0, 0.1) is 11.3 Å². The second kappa shape index (κ2) is 5.14. The van der Waals surface area contributed by atoms with E-state index in [4.69, 9.17) is 11.0 Å². The minimum absolute atomic E-state index is 0.148. The van der Waals surface area contributed by atoms with Gasteiger partial charge in [-0.2, -0.15) is 5.26 Å². The van der Waals surface area contributed by atoms with Crippen LogP contribution in [0.15, 0.2) is 12.5 Å². The van der Waals surface area contributed by atoms with Gasteiger partial charge in [-0.25, -0.2) is 9.97 Å². The molecule has 5 nitrogen and oxygen atoms in total. The third-order valence-corrected chi connectivity index (χ3v) is 1.72. The molecule has 0 radical (unpaired) electrons. The van der Waals surface area contributed by atoms with Crippen molar-refractivity contribution in [2.75, 3.05) is 11.9 Å². The molecule has 1 heterocycles. The molecule has 3 N–H and O–H groups in total. The van der Waals surface area contributed by atoms with E-state index in [1.54, 1.807) is 0 Å². The van der Waals surface area contributed by atoms with E-state index in [1.807, 2.05) is 13.0 Å². The summed E-state index contributed by atoms with van der Waals surface area (Å²) in [5.74, 6) is 0.572. The molecule has 1 unspecified atom stereocenters. The zero-order chi connectivity index (χ0) is 10.4. The van der Waals surface area contributed by atoms with Gasteiger partial charge in [-0.1, -0.05) is 0 Å². The van der Waals surface area contributed by atoms with Crippen molar-refractivity contribution in [2.45, 2.75) is 19.4 Å². The summed E-state index contributed by atoms with van der Waals surface area (Å²) in [6.07, 6.45) is 3.74. The molecule has 1 atom stereocenters. The fourth-order valence-corrected chi connectivity index (χ4v) is 0.971. The lowest BCUT2D eigenvalue weighted by Crippen LogP contribution is -2.19. The van der Waals surface area contributed by atoms with Gasteiger partial charge in [0.25, 0.3) is 0 Å². The first-order valence-corrected chi connectivity index (χ1v) is 4.43. The van der Waals surface area contributed by atoms with E-state index in [1.165, 1.54) is 12.5 Å². The van der Waals surface area contributed by atoms with Crippen molar-refractivity contribution < 1.29 is 0 Å². The Morgan fingerprint density at radius 2 is 2.50 bits per heavy atom. The lowest BCUT2D eigenvalue weighted by Gasteiger charge is -2.07. The number of hydrogen-bond acceptors (Lipinski definition) is 5. The number of hydrogen-bond donors (Lipinski definition) is 2. The lowest BCUT2D eigenvalue weighted by molar-refractivity contribution is 0.689. The van der Waals surface area contributed by atoms with Crippen LogP contribution in [0.1, 0.15) is 18.9 Å². The van der Waals surface area contributed by atoms with Gasteiger partial charge in [0.05, 0.1) is 6.20 Å². The number of aromatic nitrogens is 2. The summed E-state index contributed by atoms with van der Waals surface area (Å²) in [5, 5.41) is 11.8. The Kier molecular flexibility index (Phi) is 3.83. The summed E-state index contributed by atoms with van der Waals surface area (Å²) in [5.41, 5.74) is 6.05. The average molecular weight is 191 g/mol. The Morgan fingerprint density at radius 1 is 1.71 bits per heavy atom. The highest BCUT2D eigenvalue weighted by Gasteiger charge is 2.02. The third-order valence-electron chi connectivity index (χ3n) is 1.72.